The SMILES string of the molecule is COc1ccc(NC2(C#N)CC(C)N(C3CC3)C2)cc1. The first-order valence-electron chi connectivity index (χ1n) is 7.25. The van der Waals surface area contributed by atoms with Crippen molar-refractivity contribution in [3.63, 3.8) is 0 Å². The maximum atomic E-state index is 9.65. The van der Waals surface area contributed by atoms with E-state index in [0.717, 1.165) is 24.4 Å². The van der Waals surface area contributed by atoms with Gasteiger partial charge in [-0.2, -0.15) is 5.26 Å². The highest BCUT2D eigenvalue weighted by atomic mass is 16.5. The van der Waals surface area contributed by atoms with Crippen LogP contribution in [0.5, 0.6) is 5.75 Å². The zero-order chi connectivity index (χ0) is 14.2. The lowest BCUT2D eigenvalue weighted by molar-refractivity contribution is 0.255. The Morgan fingerprint density at radius 3 is 2.60 bits per heavy atom. The zero-order valence-corrected chi connectivity index (χ0v) is 12.1. The lowest BCUT2D eigenvalue weighted by Gasteiger charge is -2.24. The van der Waals surface area contributed by atoms with Crippen molar-refractivity contribution in [2.24, 2.45) is 0 Å². The number of hydrogen-bond donors (Lipinski definition) is 1. The highest BCUT2D eigenvalue weighted by Gasteiger charge is 2.47. The van der Waals surface area contributed by atoms with Crippen molar-refractivity contribution in [1.29, 1.82) is 5.26 Å². The molecule has 0 aromatic heterocycles. The van der Waals surface area contributed by atoms with Crippen molar-refractivity contribution in [2.45, 2.75) is 43.8 Å². The smallest absolute Gasteiger partial charge is 0.139 e. The Bertz CT molecular complexity index is 518. The average molecular weight is 271 g/mol. The Morgan fingerprint density at radius 1 is 1.35 bits per heavy atom. The first-order valence-corrected chi connectivity index (χ1v) is 7.25. The van der Waals surface area contributed by atoms with Crippen LogP contribution in [-0.4, -0.2) is 36.2 Å². The van der Waals surface area contributed by atoms with Gasteiger partial charge in [-0.3, -0.25) is 4.90 Å². The second-order valence-electron chi connectivity index (χ2n) is 6.00. The van der Waals surface area contributed by atoms with Crippen LogP contribution in [0.3, 0.4) is 0 Å². The molecule has 1 aromatic rings. The first-order chi connectivity index (χ1) is 9.65. The minimum atomic E-state index is -0.462. The third-order valence-corrected chi connectivity index (χ3v) is 4.37. The van der Waals surface area contributed by atoms with E-state index in [9.17, 15) is 5.26 Å². The summed E-state index contributed by atoms with van der Waals surface area (Å²) in [5, 5.41) is 13.1. The summed E-state index contributed by atoms with van der Waals surface area (Å²) >= 11 is 0. The predicted molar refractivity (Wildman–Crippen MR) is 78.8 cm³/mol. The van der Waals surface area contributed by atoms with Gasteiger partial charge in [-0.25, -0.2) is 0 Å². The van der Waals surface area contributed by atoms with E-state index in [1.807, 2.05) is 24.3 Å². The maximum Gasteiger partial charge on any atom is 0.139 e. The van der Waals surface area contributed by atoms with Gasteiger partial charge >= 0.3 is 0 Å². The number of methoxy groups -OCH3 is 1. The molecule has 20 heavy (non-hydrogen) atoms. The molecule has 1 aliphatic heterocycles. The lowest BCUT2D eigenvalue weighted by Crippen LogP contribution is -2.40. The summed E-state index contributed by atoms with van der Waals surface area (Å²) < 4.78 is 5.16. The molecule has 4 heteroatoms. The molecule has 1 aromatic carbocycles. The van der Waals surface area contributed by atoms with Gasteiger partial charge < -0.3 is 10.1 Å². The molecule has 2 unspecified atom stereocenters. The summed E-state index contributed by atoms with van der Waals surface area (Å²) in [4.78, 5) is 2.49. The fourth-order valence-corrected chi connectivity index (χ4v) is 3.20. The van der Waals surface area contributed by atoms with Crippen LogP contribution in [-0.2, 0) is 0 Å². The number of nitrogens with zero attached hydrogens (tertiary/aromatic N) is 2. The van der Waals surface area contributed by atoms with E-state index in [-0.39, 0.29) is 0 Å². The number of rotatable bonds is 4. The predicted octanol–water partition coefficient (Wildman–Crippen LogP) is 2.63. The summed E-state index contributed by atoms with van der Waals surface area (Å²) in [6.07, 6.45) is 3.45. The Balaban J connectivity index is 1.74. The molecule has 1 saturated carbocycles. The largest absolute Gasteiger partial charge is 0.497 e. The van der Waals surface area contributed by atoms with Crippen molar-refractivity contribution < 1.29 is 4.74 Å². The van der Waals surface area contributed by atoms with Crippen molar-refractivity contribution in [1.82, 2.24) is 4.90 Å². The van der Waals surface area contributed by atoms with Gasteiger partial charge in [0.25, 0.3) is 0 Å². The van der Waals surface area contributed by atoms with Gasteiger partial charge in [0.15, 0.2) is 0 Å². The van der Waals surface area contributed by atoms with Crippen LogP contribution in [0.1, 0.15) is 26.2 Å². The minimum Gasteiger partial charge on any atom is -0.497 e. The monoisotopic (exact) mass is 271 g/mol. The first kappa shape index (κ1) is 13.3. The van der Waals surface area contributed by atoms with Crippen LogP contribution in [0.15, 0.2) is 24.3 Å². The topological polar surface area (TPSA) is 48.3 Å². The third kappa shape index (κ3) is 2.46. The number of ether oxygens (including phenoxy) is 1. The Hall–Kier alpha value is -1.73. The number of likely N-dealkylation sites (tertiary alicyclic amines) is 1. The molecule has 0 radical (unpaired) electrons. The molecule has 1 N–H and O–H groups in total. The normalized spacial score (nSPS) is 29.9. The molecule has 0 spiro atoms. The molecule has 2 fully saturated rings. The van der Waals surface area contributed by atoms with E-state index >= 15 is 0 Å². The van der Waals surface area contributed by atoms with Gasteiger partial charge in [0.1, 0.15) is 11.3 Å². The van der Waals surface area contributed by atoms with Crippen LogP contribution >= 0.6 is 0 Å². The van der Waals surface area contributed by atoms with Gasteiger partial charge in [0.2, 0.25) is 0 Å². The number of nitriles is 1. The van der Waals surface area contributed by atoms with E-state index < -0.39 is 5.54 Å². The Morgan fingerprint density at radius 2 is 2.05 bits per heavy atom. The molecule has 4 nitrogen and oxygen atoms in total. The van der Waals surface area contributed by atoms with Crippen LogP contribution in [0, 0.1) is 11.3 Å². The van der Waals surface area contributed by atoms with Crippen LogP contribution in [0.25, 0.3) is 0 Å². The molecular weight excluding hydrogens is 250 g/mol. The second-order valence-corrected chi connectivity index (χ2v) is 6.00. The molecule has 1 saturated heterocycles. The van der Waals surface area contributed by atoms with E-state index in [0.29, 0.717) is 12.1 Å². The van der Waals surface area contributed by atoms with E-state index in [1.165, 1.54) is 12.8 Å². The molecule has 2 atom stereocenters. The number of hydrogen-bond acceptors (Lipinski definition) is 4. The minimum absolute atomic E-state index is 0.462. The molecule has 1 heterocycles. The van der Waals surface area contributed by atoms with Gasteiger partial charge in [0, 0.05) is 30.7 Å². The Kier molecular flexibility index (Phi) is 3.31. The molecule has 106 valence electrons. The quantitative estimate of drug-likeness (QED) is 0.914. The summed E-state index contributed by atoms with van der Waals surface area (Å²) in [5.41, 5.74) is 0.522. The highest BCUT2D eigenvalue weighted by Crippen LogP contribution is 2.38. The van der Waals surface area contributed by atoms with Gasteiger partial charge in [-0.15, -0.1) is 0 Å². The number of nitrogens with one attached hydrogen (secondary N) is 1. The lowest BCUT2D eigenvalue weighted by atomic mass is 9.98. The summed E-state index contributed by atoms with van der Waals surface area (Å²) in [6.45, 7) is 3.05. The number of benzene rings is 1. The van der Waals surface area contributed by atoms with Gasteiger partial charge in [0.05, 0.1) is 13.2 Å². The molecule has 0 amide bonds. The maximum absolute atomic E-state index is 9.65. The molecular formula is C16H21N3O. The molecule has 0 bridgehead atoms. The molecule has 3 rings (SSSR count). The van der Waals surface area contributed by atoms with Crippen molar-refractivity contribution in [3.05, 3.63) is 24.3 Å². The summed E-state index contributed by atoms with van der Waals surface area (Å²) in [5.74, 6) is 0.834. The van der Waals surface area contributed by atoms with E-state index in [4.69, 9.17) is 4.74 Å². The third-order valence-electron chi connectivity index (χ3n) is 4.37. The Labute approximate surface area is 120 Å². The fraction of sp³-hybridized carbons (Fsp3) is 0.562. The van der Waals surface area contributed by atoms with E-state index in [2.05, 4.69) is 23.2 Å². The second kappa shape index (κ2) is 4.99. The van der Waals surface area contributed by atoms with Crippen LogP contribution in [0.2, 0.25) is 0 Å². The summed E-state index contributed by atoms with van der Waals surface area (Å²) in [7, 11) is 1.66. The zero-order valence-electron chi connectivity index (χ0n) is 12.1. The van der Waals surface area contributed by atoms with Crippen molar-refractivity contribution in [3.8, 4) is 11.8 Å². The molecule has 1 aliphatic carbocycles. The number of anilines is 1. The van der Waals surface area contributed by atoms with Crippen LogP contribution < -0.4 is 10.1 Å². The standard InChI is InChI=1S/C16H21N3O/c1-12-9-16(10-17,11-19(12)14-5-6-14)18-13-3-7-15(20-2)8-4-13/h3-4,7-8,12,14,18H,5-6,9,11H2,1-2H3. The molecule has 2 aliphatic rings. The van der Waals surface area contributed by atoms with E-state index in [1.54, 1.807) is 7.11 Å². The van der Waals surface area contributed by atoms with Crippen molar-refractivity contribution in [2.75, 3.05) is 19.0 Å². The highest BCUT2D eigenvalue weighted by molar-refractivity contribution is 5.51. The van der Waals surface area contributed by atoms with Gasteiger partial charge in [-0.1, -0.05) is 0 Å². The van der Waals surface area contributed by atoms with Gasteiger partial charge in [-0.05, 0) is 44.0 Å². The summed E-state index contributed by atoms with van der Waals surface area (Å²) in [6, 6.07) is 11.5. The van der Waals surface area contributed by atoms with Crippen molar-refractivity contribution >= 4 is 5.69 Å². The fourth-order valence-electron chi connectivity index (χ4n) is 3.20. The van der Waals surface area contributed by atoms with Crippen LogP contribution in [0.4, 0.5) is 5.69 Å². The average Bonchev–Trinajstić information content (AvgIpc) is 3.25.